The number of halogens is 1. The Morgan fingerprint density at radius 3 is 2.38 bits per heavy atom. The highest BCUT2D eigenvalue weighted by atomic mass is 35.5. The van der Waals surface area contributed by atoms with Crippen LogP contribution in [0.15, 0.2) is 36.4 Å². The molecular weight excluding hydrogens is 328 g/mol. The molecule has 0 heterocycles. The first-order valence-corrected chi connectivity index (χ1v) is 7.41. The predicted octanol–water partition coefficient (Wildman–Crippen LogP) is 3.59. The lowest BCUT2D eigenvalue weighted by molar-refractivity contribution is -0.116. The fourth-order valence-electron chi connectivity index (χ4n) is 2.34. The summed E-state index contributed by atoms with van der Waals surface area (Å²) >= 11 is 0. The number of hydrogen-bond donors (Lipinski definition) is 2. The zero-order valence-electron chi connectivity index (χ0n) is 14.1. The van der Waals surface area contributed by atoms with Gasteiger partial charge in [-0.25, -0.2) is 0 Å². The highest BCUT2D eigenvalue weighted by molar-refractivity contribution is 5.92. The van der Waals surface area contributed by atoms with Crippen LogP contribution in [0.5, 0.6) is 11.5 Å². The van der Waals surface area contributed by atoms with E-state index in [1.54, 1.807) is 20.3 Å². The second-order valence-corrected chi connectivity index (χ2v) is 5.27. The average Bonchev–Trinajstić information content (AvgIpc) is 2.55. The normalized spacial score (nSPS) is 9.79. The van der Waals surface area contributed by atoms with Gasteiger partial charge in [0.2, 0.25) is 5.91 Å². The summed E-state index contributed by atoms with van der Waals surface area (Å²) in [5, 5.41) is 2.91. The smallest absolute Gasteiger partial charge is 0.224 e. The first kappa shape index (κ1) is 19.6. The van der Waals surface area contributed by atoms with Crippen molar-refractivity contribution in [3.63, 3.8) is 0 Å². The molecule has 0 saturated carbocycles. The molecule has 0 fully saturated rings. The molecule has 3 N–H and O–H groups in total. The number of amides is 1. The van der Waals surface area contributed by atoms with Crippen LogP contribution in [-0.2, 0) is 11.2 Å². The zero-order chi connectivity index (χ0) is 16.8. The lowest BCUT2D eigenvalue weighted by Gasteiger charge is -2.14. The molecule has 2 aromatic rings. The SMILES string of the molecule is COc1cc(C)c(NC(=O)CCc2ccccc2N)cc1OC.Cl. The van der Waals surface area contributed by atoms with Gasteiger partial charge in [0.25, 0.3) is 0 Å². The summed E-state index contributed by atoms with van der Waals surface area (Å²) in [7, 11) is 3.15. The summed E-state index contributed by atoms with van der Waals surface area (Å²) in [5.74, 6) is 1.16. The molecule has 0 aliphatic carbocycles. The first-order chi connectivity index (χ1) is 11.0. The Labute approximate surface area is 148 Å². The molecule has 0 aromatic heterocycles. The van der Waals surface area contributed by atoms with Crippen LogP contribution in [0.3, 0.4) is 0 Å². The van der Waals surface area contributed by atoms with E-state index < -0.39 is 0 Å². The molecule has 1 amide bonds. The van der Waals surface area contributed by atoms with Gasteiger partial charge in [-0.15, -0.1) is 12.4 Å². The number of methoxy groups -OCH3 is 2. The van der Waals surface area contributed by atoms with Crippen molar-refractivity contribution in [1.29, 1.82) is 0 Å². The highest BCUT2D eigenvalue weighted by Gasteiger charge is 2.11. The summed E-state index contributed by atoms with van der Waals surface area (Å²) in [6, 6.07) is 11.2. The van der Waals surface area contributed by atoms with Crippen LogP contribution in [-0.4, -0.2) is 20.1 Å². The molecule has 0 unspecified atom stereocenters. The Kier molecular flexibility index (Phi) is 7.39. The summed E-state index contributed by atoms with van der Waals surface area (Å²) < 4.78 is 10.5. The number of carbonyl (C=O) groups is 1. The maximum absolute atomic E-state index is 12.2. The minimum Gasteiger partial charge on any atom is -0.493 e. The third kappa shape index (κ3) is 4.80. The third-order valence-electron chi connectivity index (χ3n) is 3.68. The van der Waals surface area contributed by atoms with Gasteiger partial charge >= 0.3 is 0 Å². The van der Waals surface area contributed by atoms with E-state index in [0.717, 1.165) is 11.1 Å². The van der Waals surface area contributed by atoms with Gasteiger partial charge in [0, 0.05) is 23.9 Å². The Hall–Kier alpha value is -2.40. The van der Waals surface area contributed by atoms with E-state index >= 15 is 0 Å². The van der Waals surface area contributed by atoms with Crippen molar-refractivity contribution in [2.45, 2.75) is 19.8 Å². The molecule has 0 aliphatic heterocycles. The van der Waals surface area contributed by atoms with Gasteiger partial charge in [-0.1, -0.05) is 18.2 Å². The number of benzene rings is 2. The first-order valence-electron chi connectivity index (χ1n) is 7.41. The van der Waals surface area contributed by atoms with Crippen LogP contribution < -0.4 is 20.5 Å². The van der Waals surface area contributed by atoms with Crippen molar-refractivity contribution in [3.05, 3.63) is 47.5 Å². The minimum atomic E-state index is -0.0661. The second kappa shape index (κ2) is 9.03. The number of ether oxygens (including phenoxy) is 2. The predicted molar refractivity (Wildman–Crippen MR) is 99.3 cm³/mol. The van der Waals surface area contributed by atoms with E-state index in [-0.39, 0.29) is 18.3 Å². The van der Waals surface area contributed by atoms with Crippen LogP contribution in [0.4, 0.5) is 11.4 Å². The number of carbonyl (C=O) groups excluding carboxylic acids is 1. The van der Waals surface area contributed by atoms with Crippen LogP contribution in [0.25, 0.3) is 0 Å². The monoisotopic (exact) mass is 350 g/mol. The van der Waals surface area contributed by atoms with Crippen molar-refractivity contribution >= 4 is 29.7 Å². The summed E-state index contributed by atoms with van der Waals surface area (Å²) in [6.45, 7) is 1.91. The number of nitrogens with two attached hydrogens (primary N) is 1. The molecule has 5 nitrogen and oxygen atoms in total. The van der Waals surface area contributed by atoms with E-state index in [2.05, 4.69) is 5.32 Å². The molecule has 0 spiro atoms. The maximum atomic E-state index is 12.2. The van der Waals surface area contributed by atoms with E-state index in [4.69, 9.17) is 15.2 Å². The second-order valence-electron chi connectivity index (χ2n) is 5.27. The van der Waals surface area contributed by atoms with Crippen molar-refractivity contribution in [3.8, 4) is 11.5 Å². The Morgan fingerprint density at radius 1 is 1.12 bits per heavy atom. The van der Waals surface area contributed by atoms with Crippen LogP contribution >= 0.6 is 12.4 Å². The molecule has 2 rings (SSSR count). The van der Waals surface area contributed by atoms with Gasteiger partial charge in [0.05, 0.1) is 14.2 Å². The highest BCUT2D eigenvalue weighted by Crippen LogP contribution is 2.33. The average molecular weight is 351 g/mol. The van der Waals surface area contributed by atoms with Crippen molar-refractivity contribution in [2.75, 3.05) is 25.3 Å². The summed E-state index contributed by atoms with van der Waals surface area (Å²) in [5.41, 5.74) is 9.21. The van der Waals surface area contributed by atoms with E-state index in [0.29, 0.717) is 35.7 Å². The molecule has 130 valence electrons. The number of rotatable bonds is 6. The van der Waals surface area contributed by atoms with Crippen LogP contribution in [0.1, 0.15) is 17.5 Å². The number of nitrogens with one attached hydrogen (secondary N) is 1. The number of nitrogen functional groups attached to an aromatic ring is 1. The third-order valence-corrected chi connectivity index (χ3v) is 3.68. The van der Waals surface area contributed by atoms with Gasteiger partial charge in [0.15, 0.2) is 11.5 Å². The Bertz CT molecular complexity index is 705. The molecule has 0 saturated heterocycles. The minimum absolute atomic E-state index is 0. The van der Waals surface area contributed by atoms with Gasteiger partial charge < -0.3 is 20.5 Å². The van der Waals surface area contributed by atoms with Crippen LogP contribution in [0.2, 0.25) is 0 Å². The fourth-order valence-corrected chi connectivity index (χ4v) is 2.34. The van der Waals surface area contributed by atoms with E-state index in [1.807, 2.05) is 37.3 Å². The van der Waals surface area contributed by atoms with Crippen molar-refractivity contribution < 1.29 is 14.3 Å². The van der Waals surface area contributed by atoms with Gasteiger partial charge in [-0.3, -0.25) is 4.79 Å². The number of anilines is 2. The number of hydrogen-bond acceptors (Lipinski definition) is 4. The zero-order valence-corrected chi connectivity index (χ0v) is 14.9. The van der Waals surface area contributed by atoms with Gasteiger partial charge in [0.1, 0.15) is 0 Å². The molecular formula is C18H23ClN2O3. The molecule has 2 aromatic carbocycles. The van der Waals surface area contributed by atoms with E-state index in [1.165, 1.54) is 0 Å². The Balaban J connectivity index is 0.00000288. The molecule has 0 aliphatic rings. The molecule has 0 radical (unpaired) electrons. The molecule has 6 heteroatoms. The molecule has 0 atom stereocenters. The largest absolute Gasteiger partial charge is 0.493 e. The molecule has 24 heavy (non-hydrogen) atoms. The molecule has 0 bridgehead atoms. The number of aryl methyl sites for hydroxylation is 2. The fraction of sp³-hybridized carbons (Fsp3) is 0.278. The number of para-hydroxylation sites is 1. The van der Waals surface area contributed by atoms with Crippen LogP contribution in [0, 0.1) is 6.92 Å². The lowest BCUT2D eigenvalue weighted by Crippen LogP contribution is -2.13. The topological polar surface area (TPSA) is 73.6 Å². The summed E-state index contributed by atoms with van der Waals surface area (Å²) in [6.07, 6.45) is 0.965. The van der Waals surface area contributed by atoms with E-state index in [9.17, 15) is 4.79 Å². The van der Waals surface area contributed by atoms with Gasteiger partial charge in [-0.2, -0.15) is 0 Å². The van der Waals surface area contributed by atoms with Crippen molar-refractivity contribution in [1.82, 2.24) is 0 Å². The maximum Gasteiger partial charge on any atom is 0.224 e. The standard InChI is InChI=1S/C18H22N2O3.ClH/c1-12-10-16(22-2)17(23-3)11-15(12)20-18(21)9-8-13-6-4-5-7-14(13)19;/h4-7,10-11H,8-9,19H2,1-3H3,(H,20,21);1H. The Morgan fingerprint density at radius 2 is 1.75 bits per heavy atom. The lowest BCUT2D eigenvalue weighted by atomic mass is 10.1. The van der Waals surface area contributed by atoms with Crippen molar-refractivity contribution in [2.24, 2.45) is 0 Å². The summed E-state index contributed by atoms with van der Waals surface area (Å²) in [4.78, 5) is 12.2. The quantitative estimate of drug-likeness (QED) is 0.781. The van der Waals surface area contributed by atoms with Gasteiger partial charge in [-0.05, 0) is 36.6 Å².